The van der Waals surface area contributed by atoms with E-state index in [9.17, 15) is 4.79 Å². The first-order valence-corrected chi connectivity index (χ1v) is 6.05. The summed E-state index contributed by atoms with van der Waals surface area (Å²) in [6.45, 7) is 2.57. The number of halogens is 2. The second-order valence-electron chi connectivity index (χ2n) is 3.58. The number of carbonyl (C=O) groups excluding carboxylic acids is 1. The van der Waals surface area contributed by atoms with Gasteiger partial charge in [-0.2, -0.15) is 0 Å². The van der Waals surface area contributed by atoms with Crippen LogP contribution in [0.4, 0.5) is 11.6 Å². The van der Waals surface area contributed by atoms with Gasteiger partial charge in [0.15, 0.2) is 5.82 Å². The Balaban J connectivity index is 2.91. The molecule has 1 heterocycles. The van der Waals surface area contributed by atoms with Crippen LogP contribution in [-0.4, -0.2) is 31.0 Å². The molecule has 0 unspecified atom stereocenters. The van der Waals surface area contributed by atoms with Crippen molar-refractivity contribution in [2.45, 2.75) is 6.92 Å². The quantitative estimate of drug-likeness (QED) is 0.562. The first kappa shape index (κ1) is 14.8. The molecule has 0 aromatic carbocycles. The summed E-state index contributed by atoms with van der Waals surface area (Å²) < 4.78 is 0. The Bertz CT molecular complexity index is 441. The second-order valence-corrected chi connectivity index (χ2v) is 4.39. The number of nitrogens with two attached hydrogens (primary N) is 1. The molecular weight excluding hydrogens is 277 g/mol. The molecule has 1 aromatic heterocycles. The van der Waals surface area contributed by atoms with Gasteiger partial charge in [-0.25, -0.2) is 10.8 Å². The van der Waals surface area contributed by atoms with Crippen molar-refractivity contribution in [3.63, 3.8) is 0 Å². The molecule has 0 aliphatic rings. The highest BCUT2D eigenvalue weighted by molar-refractivity contribution is 6.37. The van der Waals surface area contributed by atoms with Gasteiger partial charge in [0.1, 0.15) is 5.82 Å². The molecule has 1 rings (SSSR count). The van der Waals surface area contributed by atoms with Crippen LogP contribution in [0.2, 0.25) is 10.0 Å². The third kappa shape index (κ3) is 3.63. The van der Waals surface area contributed by atoms with Crippen LogP contribution < -0.4 is 21.5 Å². The number of amides is 1. The maximum absolute atomic E-state index is 11.5. The highest BCUT2D eigenvalue weighted by Crippen LogP contribution is 2.30. The first-order valence-electron chi connectivity index (χ1n) is 5.30. The summed E-state index contributed by atoms with van der Waals surface area (Å²) in [6, 6.07) is 1.52. The molecule has 0 bridgehead atoms. The van der Waals surface area contributed by atoms with Crippen molar-refractivity contribution in [2.24, 2.45) is 5.84 Å². The van der Waals surface area contributed by atoms with Crippen molar-refractivity contribution in [1.82, 2.24) is 10.3 Å². The van der Waals surface area contributed by atoms with Gasteiger partial charge in [0.25, 0.3) is 0 Å². The summed E-state index contributed by atoms with van der Waals surface area (Å²) in [5.74, 6) is 5.90. The van der Waals surface area contributed by atoms with E-state index in [4.69, 9.17) is 29.0 Å². The molecule has 1 aromatic rings. The fourth-order valence-electron chi connectivity index (χ4n) is 1.37. The van der Waals surface area contributed by atoms with Crippen molar-refractivity contribution in [3.8, 4) is 0 Å². The minimum Gasteiger partial charge on any atom is -0.355 e. The Kier molecular flexibility index (Phi) is 5.46. The Morgan fingerprint density at radius 1 is 1.50 bits per heavy atom. The average Bonchev–Trinajstić information content (AvgIpc) is 2.29. The fraction of sp³-hybridized carbons (Fsp3) is 0.400. The van der Waals surface area contributed by atoms with Gasteiger partial charge in [0, 0.05) is 13.6 Å². The van der Waals surface area contributed by atoms with Gasteiger partial charge in [-0.15, -0.1) is 0 Å². The molecule has 0 saturated carbocycles. The number of likely N-dealkylation sites (N-methyl/N-ethyl adjacent to an activating group) is 2. The van der Waals surface area contributed by atoms with Crippen LogP contribution in [0.25, 0.3) is 0 Å². The summed E-state index contributed by atoms with van der Waals surface area (Å²) in [5, 5.41) is 3.36. The minimum absolute atomic E-state index is 0.116. The number of anilines is 2. The smallest absolute Gasteiger partial charge is 0.239 e. The Hall–Kier alpha value is -1.24. The normalized spacial score (nSPS) is 10.1. The average molecular weight is 292 g/mol. The topological polar surface area (TPSA) is 83.3 Å². The summed E-state index contributed by atoms with van der Waals surface area (Å²) in [6.07, 6.45) is 0. The molecule has 8 heteroatoms. The van der Waals surface area contributed by atoms with Crippen LogP contribution in [0.15, 0.2) is 6.07 Å². The molecule has 0 spiro atoms. The molecule has 6 nitrogen and oxygen atoms in total. The standard InChI is InChI=1S/C10H15Cl2N5O/c1-3-14-8(18)5-17(2)10-7(12)4-6(11)9(15-10)16-13/h4H,3,5,13H2,1-2H3,(H,14,18)(H,15,16). The Labute approximate surface area is 115 Å². The molecule has 0 radical (unpaired) electrons. The summed E-state index contributed by atoms with van der Waals surface area (Å²) in [5.41, 5.74) is 2.37. The maximum Gasteiger partial charge on any atom is 0.239 e. The van der Waals surface area contributed by atoms with E-state index in [0.29, 0.717) is 28.2 Å². The molecule has 0 saturated heterocycles. The van der Waals surface area contributed by atoms with Gasteiger partial charge < -0.3 is 15.6 Å². The lowest BCUT2D eigenvalue weighted by Gasteiger charge is -2.19. The number of rotatable bonds is 5. The van der Waals surface area contributed by atoms with E-state index in [-0.39, 0.29) is 12.5 Å². The lowest BCUT2D eigenvalue weighted by atomic mass is 10.4. The zero-order valence-electron chi connectivity index (χ0n) is 10.1. The number of pyridine rings is 1. The van der Waals surface area contributed by atoms with E-state index in [2.05, 4.69) is 15.7 Å². The van der Waals surface area contributed by atoms with Gasteiger partial charge in [0.2, 0.25) is 5.91 Å². The predicted octanol–water partition coefficient (Wildman–Crippen LogP) is 1.25. The monoisotopic (exact) mass is 291 g/mol. The minimum atomic E-state index is -0.116. The van der Waals surface area contributed by atoms with Crippen LogP contribution in [0, 0.1) is 0 Å². The molecule has 1 amide bonds. The zero-order valence-corrected chi connectivity index (χ0v) is 11.6. The molecule has 0 aliphatic heterocycles. The van der Waals surface area contributed by atoms with Crippen LogP contribution in [0.3, 0.4) is 0 Å². The van der Waals surface area contributed by atoms with E-state index in [1.807, 2.05) is 6.92 Å². The molecule has 0 atom stereocenters. The number of nitrogens with one attached hydrogen (secondary N) is 2. The molecule has 4 N–H and O–H groups in total. The number of aromatic nitrogens is 1. The maximum atomic E-state index is 11.5. The third-order valence-electron chi connectivity index (χ3n) is 2.16. The first-order chi connectivity index (χ1) is 8.49. The zero-order chi connectivity index (χ0) is 13.7. The predicted molar refractivity (Wildman–Crippen MR) is 74.0 cm³/mol. The van der Waals surface area contributed by atoms with E-state index >= 15 is 0 Å². The van der Waals surface area contributed by atoms with Crippen molar-refractivity contribution >= 4 is 40.7 Å². The number of hydrogen-bond acceptors (Lipinski definition) is 5. The van der Waals surface area contributed by atoms with Crippen LogP contribution in [-0.2, 0) is 4.79 Å². The number of nitrogens with zero attached hydrogens (tertiary/aromatic N) is 2. The lowest BCUT2D eigenvalue weighted by Crippen LogP contribution is -2.35. The van der Waals surface area contributed by atoms with Gasteiger partial charge >= 0.3 is 0 Å². The summed E-state index contributed by atoms with van der Waals surface area (Å²) >= 11 is 11.9. The number of hydrazine groups is 1. The Morgan fingerprint density at radius 3 is 2.72 bits per heavy atom. The third-order valence-corrected chi connectivity index (χ3v) is 2.73. The van der Waals surface area contributed by atoms with Crippen molar-refractivity contribution in [3.05, 3.63) is 16.1 Å². The van der Waals surface area contributed by atoms with Gasteiger partial charge in [0.05, 0.1) is 16.6 Å². The van der Waals surface area contributed by atoms with Crippen LogP contribution in [0.5, 0.6) is 0 Å². The molecule has 0 aliphatic carbocycles. The summed E-state index contributed by atoms with van der Waals surface area (Å²) in [7, 11) is 1.71. The van der Waals surface area contributed by atoms with Crippen molar-refractivity contribution < 1.29 is 4.79 Å². The van der Waals surface area contributed by atoms with Crippen molar-refractivity contribution in [2.75, 3.05) is 30.5 Å². The summed E-state index contributed by atoms with van der Waals surface area (Å²) in [4.78, 5) is 17.2. The van der Waals surface area contributed by atoms with E-state index < -0.39 is 0 Å². The lowest BCUT2D eigenvalue weighted by molar-refractivity contribution is -0.119. The number of carbonyl (C=O) groups is 1. The molecule has 100 valence electrons. The largest absolute Gasteiger partial charge is 0.355 e. The SMILES string of the molecule is CCNC(=O)CN(C)c1nc(NN)c(Cl)cc1Cl. The highest BCUT2D eigenvalue weighted by Gasteiger charge is 2.14. The Morgan fingerprint density at radius 2 is 2.17 bits per heavy atom. The van der Waals surface area contributed by atoms with E-state index in [1.54, 1.807) is 11.9 Å². The molecule has 18 heavy (non-hydrogen) atoms. The van der Waals surface area contributed by atoms with Gasteiger partial charge in [-0.3, -0.25) is 4.79 Å². The van der Waals surface area contributed by atoms with Gasteiger partial charge in [-0.1, -0.05) is 23.2 Å². The molecule has 0 fully saturated rings. The van der Waals surface area contributed by atoms with Gasteiger partial charge in [-0.05, 0) is 13.0 Å². The van der Waals surface area contributed by atoms with Crippen molar-refractivity contribution in [1.29, 1.82) is 0 Å². The van der Waals surface area contributed by atoms with Crippen LogP contribution >= 0.6 is 23.2 Å². The van der Waals surface area contributed by atoms with E-state index in [0.717, 1.165) is 0 Å². The fourth-order valence-corrected chi connectivity index (χ4v) is 1.93. The second kappa shape index (κ2) is 6.63. The number of hydrogen-bond donors (Lipinski definition) is 3. The van der Waals surface area contributed by atoms with Crippen LogP contribution in [0.1, 0.15) is 6.92 Å². The number of nitrogen functional groups attached to an aromatic ring is 1. The highest BCUT2D eigenvalue weighted by atomic mass is 35.5. The molecular formula is C10H15Cl2N5O. The van der Waals surface area contributed by atoms with E-state index in [1.165, 1.54) is 6.07 Å².